The van der Waals surface area contributed by atoms with Gasteiger partial charge in [0.15, 0.2) is 11.5 Å². The first-order valence-corrected chi connectivity index (χ1v) is 7.46. The van der Waals surface area contributed by atoms with Gasteiger partial charge in [-0.05, 0) is 42.8 Å². The number of ether oxygens (including phenoxy) is 3. The van der Waals surface area contributed by atoms with Gasteiger partial charge < -0.3 is 19.5 Å². The molecule has 0 aromatic heterocycles. The zero-order chi connectivity index (χ0) is 17.5. The van der Waals surface area contributed by atoms with Gasteiger partial charge in [-0.2, -0.15) is 0 Å². The average Bonchev–Trinajstić information content (AvgIpc) is 2.60. The minimum absolute atomic E-state index is 0.257. The molecule has 0 spiro atoms. The second kappa shape index (κ2) is 8.06. The van der Waals surface area contributed by atoms with E-state index in [4.69, 9.17) is 14.2 Å². The zero-order valence-electron chi connectivity index (χ0n) is 14.1. The van der Waals surface area contributed by atoms with E-state index in [0.29, 0.717) is 35.1 Å². The number of nitrogens with one attached hydrogen (secondary N) is 1. The lowest BCUT2D eigenvalue weighted by Gasteiger charge is -2.13. The third kappa shape index (κ3) is 4.07. The predicted octanol–water partition coefficient (Wildman–Crippen LogP) is 3.83. The highest BCUT2D eigenvalue weighted by molar-refractivity contribution is 6.05. The molecule has 1 N–H and O–H groups in total. The predicted molar refractivity (Wildman–Crippen MR) is 94.4 cm³/mol. The van der Waals surface area contributed by atoms with Gasteiger partial charge in [0.1, 0.15) is 12.4 Å². The minimum atomic E-state index is -0.257. The third-order valence-electron chi connectivity index (χ3n) is 3.39. The maximum Gasteiger partial charge on any atom is 0.255 e. The number of rotatable bonds is 7. The summed E-state index contributed by atoms with van der Waals surface area (Å²) < 4.78 is 16.0. The molecular weight excluding hydrogens is 306 g/mol. The fourth-order valence-electron chi connectivity index (χ4n) is 2.19. The van der Waals surface area contributed by atoms with E-state index in [1.807, 2.05) is 25.1 Å². The Kier molecular flexibility index (Phi) is 5.84. The monoisotopic (exact) mass is 327 g/mol. The Morgan fingerprint density at radius 2 is 1.79 bits per heavy atom. The van der Waals surface area contributed by atoms with Crippen molar-refractivity contribution < 1.29 is 19.0 Å². The summed E-state index contributed by atoms with van der Waals surface area (Å²) in [5.74, 6) is 1.39. The van der Waals surface area contributed by atoms with Crippen molar-refractivity contribution in [1.82, 2.24) is 0 Å². The van der Waals surface area contributed by atoms with Crippen LogP contribution in [0, 0.1) is 6.92 Å². The molecule has 126 valence electrons. The molecule has 0 unspecified atom stereocenters. The van der Waals surface area contributed by atoms with Crippen molar-refractivity contribution in [2.75, 3.05) is 26.1 Å². The van der Waals surface area contributed by atoms with E-state index >= 15 is 0 Å². The van der Waals surface area contributed by atoms with Crippen molar-refractivity contribution >= 4 is 11.6 Å². The van der Waals surface area contributed by atoms with Gasteiger partial charge in [0.25, 0.3) is 5.91 Å². The van der Waals surface area contributed by atoms with E-state index in [0.717, 1.165) is 5.56 Å². The van der Waals surface area contributed by atoms with Crippen LogP contribution in [-0.2, 0) is 0 Å². The molecular formula is C19H21NO4. The maximum absolute atomic E-state index is 12.5. The standard InChI is InChI=1S/C19H21NO4/c1-5-10-24-17-9-7-14(12-18(17)23-4)19(21)20-15-11-13(2)6-8-16(15)22-3/h5-9,11-12H,1,10H2,2-4H3,(H,20,21). The first-order chi connectivity index (χ1) is 11.6. The summed E-state index contributed by atoms with van der Waals surface area (Å²) in [7, 11) is 3.09. The fourth-order valence-corrected chi connectivity index (χ4v) is 2.19. The van der Waals surface area contributed by atoms with Crippen molar-refractivity contribution in [3.8, 4) is 17.2 Å². The lowest BCUT2D eigenvalue weighted by Crippen LogP contribution is -2.13. The summed E-state index contributed by atoms with van der Waals surface area (Å²) in [4.78, 5) is 12.5. The number of benzene rings is 2. The Balaban J connectivity index is 2.24. The molecule has 0 bridgehead atoms. The molecule has 2 aromatic rings. The SMILES string of the molecule is C=CCOc1ccc(C(=O)Nc2cc(C)ccc2OC)cc1OC. The summed E-state index contributed by atoms with van der Waals surface area (Å²) in [6, 6.07) is 10.6. The number of carbonyl (C=O) groups is 1. The quantitative estimate of drug-likeness (QED) is 0.785. The molecule has 0 atom stereocenters. The van der Waals surface area contributed by atoms with E-state index < -0.39 is 0 Å². The first-order valence-electron chi connectivity index (χ1n) is 7.46. The molecule has 0 aliphatic rings. The van der Waals surface area contributed by atoms with Gasteiger partial charge in [-0.3, -0.25) is 4.79 Å². The summed E-state index contributed by atoms with van der Waals surface area (Å²) in [6.45, 7) is 5.92. The molecule has 2 aromatic carbocycles. The lowest BCUT2D eigenvalue weighted by molar-refractivity contribution is 0.102. The zero-order valence-corrected chi connectivity index (χ0v) is 14.1. The van der Waals surface area contributed by atoms with Crippen molar-refractivity contribution in [3.05, 3.63) is 60.2 Å². The molecule has 0 saturated carbocycles. The van der Waals surface area contributed by atoms with Crippen LogP contribution in [0.15, 0.2) is 49.1 Å². The number of methoxy groups -OCH3 is 2. The number of aryl methyl sites for hydroxylation is 1. The smallest absolute Gasteiger partial charge is 0.255 e. The highest BCUT2D eigenvalue weighted by atomic mass is 16.5. The molecule has 1 amide bonds. The van der Waals surface area contributed by atoms with Gasteiger partial charge in [-0.25, -0.2) is 0 Å². The van der Waals surface area contributed by atoms with Crippen molar-refractivity contribution in [2.24, 2.45) is 0 Å². The van der Waals surface area contributed by atoms with Crippen molar-refractivity contribution in [2.45, 2.75) is 6.92 Å². The number of amides is 1. The first kappa shape index (κ1) is 17.4. The van der Waals surface area contributed by atoms with Crippen LogP contribution >= 0.6 is 0 Å². The highest BCUT2D eigenvalue weighted by Crippen LogP contribution is 2.30. The maximum atomic E-state index is 12.5. The molecule has 0 saturated heterocycles. The Morgan fingerprint density at radius 1 is 1.08 bits per heavy atom. The third-order valence-corrected chi connectivity index (χ3v) is 3.39. The van der Waals surface area contributed by atoms with Crippen LogP contribution in [0.2, 0.25) is 0 Å². The Morgan fingerprint density at radius 3 is 2.46 bits per heavy atom. The van der Waals surface area contributed by atoms with Crippen LogP contribution in [0.1, 0.15) is 15.9 Å². The minimum Gasteiger partial charge on any atom is -0.495 e. The van der Waals surface area contributed by atoms with Crippen LogP contribution in [-0.4, -0.2) is 26.7 Å². The van der Waals surface area contributed by atoms with Crippen LogP contribution in [0.4, 0.5) is 5.69 Å². The lowest BCUT2D eigenvalue weighted by atomic mass is 10.1. The Bertz CT molecular complexity index is 740. The Labute approximate surface area is 141 Å². The van der Waals surface area contributed by atoms with Gasteiger partial charge in [-0.1, -0.05) is 18.7 Å². The van der Waals surface area contributed by atoms with E-state index in [1.54, 1.807) is 31.4 Å². The highest BCUT2D eigenvalue weighted by Gasteiger charge is 2.13. The summed E-state index contributed by atoms with van der Waals surface area (Å²) in [6.07, 6.45) is 1.64. The molecule has 5 heteroatoms. The summed E-state index contributed by atoms with van der Waals surface area (Å²) in [5.41, 5.74) is 2.10. The van der Waals surface area contributed by atoms with Crippen molar-refractivity contribution in [3.63, 3.8) is 0 Å². The summed E-state index contributed by atoms with van der Waals surface area (Å²) in [5, 5.41) is 2.86. The van der Waals surface area contributed by atoms with Crippen LogP contribution in [0.5, 0.6) is 17.2 Å². The molecule has 0 aliphatic carbocycles. The van der Waals surface area contributed by atoms with Crippen LogP contribution in [0.25, 0.3) is 0 Å². The van der Waals surface area contributed by atoms with Crippen LogP contribution < -0.4 is 19.5 Å². The molecule has 0 heterocycles. The molecule has 0 radical (unpaired) electrons. The van der Waals surface area contributed by atoms with E-state index in [-0.39, 0.29) is 5.91 Å². The normalized spacial score (nSPS) is 9.96. The fraction of sp³-hybridized carbons (Fsp3) is 0.211. The molecule has 24 heavy (non-hydrogen) atoms. The molecule has 2 rings (SSSR count). The van der Waals surface area contributed by atoms with Gasteiger partial charge in [0.2, 0.25) is 0 Å². The number of carbonyl (C=O) groups excluding carboxylic acids is 1. The number of anilines is 1. The number of hydrogen-bond acceptors (Lipinski definition) is 4. The Hall–Kier alpha value is -2.95. The van der Waals surface area contributed by atoms with Gasteiger partial charge >= 0.3 is 0 Å². The van der Waals surface area contributed by atoms with E-state index in [1.165, 1.54) is 7.11 Å². The largest absolute Gasteiger partial charge is 0.495 e. The number of hydrogen-bond donors (Lipinski definition) is 1. The summed E-state index contributed by atoms with van der Waals surface area (Å²) >= 11 is 0. The van der Waals surface area contributed by atoms with Crippen molar-refractivity contribution in [1.29, 1.82) is 0 Å². The molecule has 0 fully saturated rings. The topological polar surface area (TPSA) is 56.8 Å². The van der Waals surface area contributed by atoms with Gasteiger partial charge in [0, 0.05) is 5.56 Å². The van der Waals surface area contributed by atoms with Crippen LogP contribution in [0.3, 0.4) is 0 Å². The molecule has 5 nitrogen and oxygen atoms in total. The van der Waals surface area contributed by atoms with E-state index in [2.05, 4.69) is 11.9 Å². The second-order valence-electron chi connectivity index (χ2n) is 5.12. The van der Waals surface area contributed by atoms with E-state index in [9.17, 15) is 4.79 Å². The second-order valence-corrected chi connectivity index (χ2v) is 5.12. The van der Waals surface area contributed by atoms with Gasteiger partial charge in [-0.15, -0.1) is 0 Å². The molecule has 0 aliphatic heterocycles. The average molecular weight is 327 g/mol. The van der Waals surface area contributed by atoms with Gasteiger partial charge in [0.05, 0.1) is 19.9 Å².